The fourth-order valence-corrected chi connectivity index (χ4v) is 2.76. The molecular formula is C22H23N5O3. The topological polar surface area (TPSA) is 96.3 Å². The standard InChI is InChI=1S/C22H23N5O3/c1-16(28)26(2)20-8-6-18(7-9-20)25-22(30)17-4-3-5-19(14-17)24-21(29)10-12-27-13-11-23-15-27/h3-9,11,13-15H,10,12H2,1-2H3,(H,24,29)(H,25,30). The van der Waals surface area contributed by atoms with Crippen molar-refractivity contribution in [2.45, 2.75) is 19.9 Å². The van der Waals surface area contributed by atoms with Crippen LogP contribution < -0.4 is 15.5 Å². The minimum absolute atomic E-state index is 0.0735. The zero-order chi connectivity index (χ0) is 21.5. The molecule has 0 aliphatic rings. The molecule has 0 spiro atoms. The van der Waals surface area contributed by atoms with Gasteiger partial charge >= 0.3 is 0 Å². The van der Waals surface area contributed by atoms with E-state index in [0.717, 1.165) is 5.69 Å². The molecule has 0 bridgehead atoms. The number of amides is 3. The maximum atomic E-state index is 12.6. The number of imidazole rings is 1. The van der Waals surface area contributed by atoms with E-state index in [1.165, 1.54) is 11.8 Å². The Bertz CT molecular complexity index is 1030. The van der Waals surface area contributed by atoms with Gasteiger partial charge in [0.1, 0.15) is 0 Å². The lowest BCUT2D eigenvalue weighted by Gasteiger charge is -2.15. The third-order valence-corrected chi connectivity index (χ3v) is 4.55. The van der Waals surface area contributed by atoms with Crippen molar-refractivity contribution in [1.82, 2.24) is 9.55 Å². The molecule has 3 rings (SSSR count). The number of rotatable bonds is 7. The summed E-state index contributed by atoms with van der Waals surface area (Å²) in [6.45, 7) is 2.01. The van der Waals surface area contributed by atoms with Crippen LogP contribution in [0, 0.1) is 0 Å². The molecule has 3 aromatic rings. The maximum Gasteiger partial charge on any atom is 0.255 e. The van der Waals surface area contributed by atoms with Gasteiger partial charge in [-0.25, -0.2) is 4.98 Å². The molecule has 1 heterocycles. The van der Waals surface area contributed by atoms with Gasteiger partial charge in [-0.15, -0.1) is 0 Å². The van der Waals surface area contributed by atoms with Crippen molar-refractivity contribution in [2.75, 3.05) is 22.6 Å². The average molecular weight is 405 g/mol. The number of nitrogens with zero attached hydrogens (tertiary/aromatic N) is 3. The second kappa shape index (κ2) is 9.51. The molecule has 154 valence electrons. The second-order valence-electron chi connectivity index (χ2n) is 6.76. The Labute approximate surface area is 174 Å². The zero-order valence-corrected chi connectivity index (χ0v) is 16.8. The quantitative estimate of drug-likeness (QED) is 0.631. The molecule has 8 heteroatoms. The van der Waals surface area contributed by atoms with Crippen LogP contribution in [0.4, 0.5) is 17.1 Å². The molecule has 0 atom stereocenters. The number of carbonyl (C=O) groups excluding carboxylic acids is 3. The fourth-order valence-electron chi connectivity index (χ4n) is 2.76. The molecule has 2 N–H and O–H groups in total. The Hall–Kier alpha value is -3.94. The van der Waals surface area contributed by atoms with Crippen LogP contribution in [0.25, 0.3) is 0 Å². The Morgan fingerprint density at radius 2 is 1.80 bits per heavy atom. The molecule has 0 aliphatic carbocycles. The molecule has 3 amide bonds. The van der Waals surface area contributed by atoms with Gasteiger partial charge < -0.3 is 20.1 Å². The first-order valence-electron chi connectivity index (χ1n) is 9.44. The molecule has 8 nitrogen and oxygen atoms in total. The highest BCUT2D eigenvalue weighted by Gasteiger charge is 2.10. The van der Waals surface area contributed by atoms with E-state index >= 15 is 0 Å². The highest BCUT2D eigenvalue weighted by atomic mass is 16.2. The molecule has 0 saturated heterocycles. The third-order valence-electron chi connectivity index (χ3n) is 4.55. The van der Waals surface area contributed by atoms with E-state index in [-0.39, 0.29) is 17.7 Å². The summed E-state index contributed by atoms with van der Waals surface area (Å²) in [4.78, 5) is 41.6. The lowest BCUT2D eigenvalue weighted by Crippen LogP contribution is -2.22. The van der Waals surface area contributed by atoms with Crippen LogP contribution in [-0.2, 0) is 16.1 Å². The predicted octanol–water partition coefficient (Wildman–Crippen LogP) is 3.15. The van der Waals surface area contributed by atoms with Gasteiger partial charge in [0.25, 0.3) is 5.91 Å². The molecule has 0 radical (unpaired) electrons. The number of hydrogen-bond acceptors (Lipinski definition) is 4. The van der Waals surface area contributed by atoms with Gasteiger partial charge in [0.2, 0.25) is 11.8 Å². The van der Waals surface area contributed by atoms with Gasteiger partial charge in [-0.2, -0.15) is 0 Å². The Morgan fingerprint density at radius 1 is 1.03 bits per heavy atom. The number of carbonyl (C=O) groups is 3. The Kier molecular flexibility index (Phi) is 6.59. The molecule has 30 heavy (non-hydrogen) atoms. The number of anilines is 3. The summed E-state index contributed by atoms with van der Waals surface area (Å²) >= 11 is 0. The van der Waals surface area contributed by atoms with Crippen LogP contribution in [-0.4, -0.2) is 34.3 Å². The predicted molar refractivity (Wildman–Crippen MR) is 115 cm³/mol. The van der Waals surface area contributed by atoms with Crippen LogP contribution in [0.15, 0.2) is 67.3 Å². The van der Waals surface area contributed by atoms with Crippen molar-refractivity contribution >= 4 is 34.8 Å². The van der Waals surface area contributed by atoms with Gasteiger partial charge in [-0.3, -0.25) is 14.4 Å². The van der Waals surface area contributed by atoms with Crippen LogP contribution in [0.2, 0.25) is 0 Å². The number of hydrogen-bond donors (Lipinski definition) is 2. The second-order valence-corrected chi connectivity index (χ2v) is 6.76. The van der Waals surface area contributed by atoms with Gasteiger partial charge in [0.05, 0.1) is 6.33 Å². The summed E-state index contributed by atoms with van der Waals surface area (Å²) in [5.41, 5.74) is 2.32. The van der Waals surface area contributed by atoms with E-state index in [1.54, 1.807) is 74.3 Å². The minimum Gasteiger partial charge on any atom is -0.337 e. The lowest BCUT2D eigenvalue weighted by atomic mass is 10.1. The van der Waals surface area contributed by atoms with Crippen LogP contribution in [0.1, 0.15) is 23.7 Å². The first-order chi connectivity index (χ1) is 14.4. The highest BCUT2D eigenvalue weighted by molar-refractivity contribution is 6.05. The van der Waals surface area contributed by atoms with Crippen LogP contribution in [0.5, 0.6) is 0 Å². The smallest absolute Gasteiger partial charge is 0.255 e. The molecule has 0 saturated carbocycles. The van der Waals surface area contributed by atoms with Gasteiger partial charge in [-0.05, 0) is 42.5 Å². The summed E-state index contributed by atoms with van der Waals surface area (Å²) in [5.74, 6) is -0.515. The van der Waals surface area contributed by atoms with Crippen molar-refractivity contribution in [2.24, 2.45) is 0 Å². The number of aryl methyl sites for hydroxylation is 1. The summed E-state index contributed by atoms with van der Waals surface area (Å²) < 4.78 is 1.82. The van der Waals surface area contributed by atoms with E-state index in [0.29, 0.717) is 29.9 Å². The molecule has 1 aromatic heterocycles. The highest BCUT2D eigenvalue weighted by Crippen LogP contribution is 2.18. The van der Waals surface area contributed by atoms with Crippen molar-refractivity contribution in [3.8, 4) is 0 Å². The monoisotopic (exact) mass is 405 g/mol. The largest absolute Gasteiger partial charge is 0.337 e. The van der Waals surface area contributed by atoms with Crippen molar-refractivity contribution in [1.29, 1.82) is 0 Å². The molecule has 0 fully saturated rings. The zero-order valence-electron chi connectivity index (χ0n) is 16.8. The van der Waals surface area contributed by atoms with Crippen molar-refractivity contribution in [3.05, 3.63) is 72.8 Å². The van der Waals surface area contributed by atoms with Gasteiger partial charge in [0.15, 0.2) is 0 Å². The summed E-state index contributed by atoms with van der Waals surface area (Å²) in [7, 11) is 1.69. The third kappa shape index (κ3) is 5.54. The maximum absolute atomic E-state index is 12.6. The van der Waals surface area contributed by atoms with Crippen molar-refractivity contribution in [3.63, 3.8) is 0 Å². The van der Waals surface area contributed by atoms with E-state index < -0.39 is 0 Å². The van der Waals surface area contributed by atoms with E-state index in [1.807, 2.05) is 4.57 Å². The van der Waals surface area contributed by atoms with Gasteiger partial charge in [0, 0.05) is 62.0 Å². The molecule has 2 aromatic carbocycles. The van der Waals surface area contributed by atoms with E-state index in [4.69, 9.17) is 0 Å². The van der Waals surface area contributed by atoms with E-state index in [9.17, 15) is 14.4 Å². The summed E-state index contributed by atoms with van der Waals surface area (Å²) in [5, 5.41) is 5.62. The number of aromatic nitrogens is 2. The Balaban J connectivity index is 1.58. The Morgan fingerprint density at radius 3 is 2.47 bits per heavy atom. The molecular weight excluding hydrogens is 382 g/mol. The number of benzene rings is 2. The first-order valence-corrected chi connectivity index (χ1v) is 9.44. The lowest BCUT2D eigenvalue weighted by molar-refractivity contribution is -0.117. The van der Waals surface area contributed by atoms with Crippen LogP contribution >= 0.6 is 0 Å². The summed E-state index contributed by atoms with van der Waals surface area (Å²) in [6, 6.07) is 13.7. The van der Waals surface area contributed by atoms with Crippen LogP contribution in [0.3, 0.4) is 0 Å². The SMILES string of the molecule is CC(=O)N(C)c1ccc(NC(=O)c2cccc(NC(=O)CCn3ccnc3)c2)cc1. The van der Waals surface area contributed by atoms with E-state index in [2.05, 4.69) is 15.6 Å². The molecule has 0 aliphatic heterocycles. The first kappa shape index (κ1) is 20.8. The normalized spacial score (nSPS) is 10.3. The van der Waals surface area contributed by atoms with Crippen molar-refractivity contribution < 1.29 is 14.4 Å². The minimum atomic E-state index is -0.294. The average Bonchev–Trinajstić information content (AvgIpc) is 3.26. The number of nitrogens with one attached hydrogen (secondary N) is 2. The fraction of sp³-hybridized carbons (Fsp3) is 0.182. The van der Waals surface area contributed by atoms with Gasteiger partial charge in [-0.1, -0.05) is 6.07 Å². The summed E-state index contributed by atoms with van der Waals surface area (Å²) in [6.07, 6.45) is 5.41. The molecule has 0 unspecified atom stereocenters.